The first-order valence-corrected chi connectivity index (χ1v) is 6.57. The van der Waals surface area contributed by atoms with E-state index in [9.17, 15) is 0 Å². The third-order valence-corrected chi connectivity index (χ3v) is 3.74. The number of piperidine rings is 1. The number of nitrogens with zero attached hydrogens (tertiary/aromatic N) is 3. The van der Waals surface area contributed by atoms with Crippen molar-refractivity contribution in [2.45, 2.75) is 51.7 Å². The molecule has 2 heterocycles. The van der Waals surface area contributed by atoms with Gasteiger partial charge in [0, 0.05) is 25.7 Å². The first-order chi connectivity index (χ1) is 8.08. The molecule has 2 rings (SSSR count). The zero-order valence-electron chi connectivity index (χ0n) is 11.2. The van der Waals surface area contributed by atoms with Crippen LogP contribution in [0.25, 0.3) is 0 Å². The summed E-state index contributed by atoms with van der Waals surface area (Å²) in [5.41, 5.74) is 8.47. The standard InChI is InChI=1S/C13H24N4/c1-10-8-12(16(3)15-10)9-17-7-5-4-6-13(17)11(2)14/h8,11,13H,4-7,9,14H2,1-3H3. The number of aryl methyl sites for hydroxylation is 2. The largest absolute Gasteiger partial charge is 0.327 e. The summed E-state index contributed by atoms with van der Waals surface area (Å²) in [7, 11) is 2.02. The Morgan fingerprint density at radius 1 is 1.53 bits per heavy atom. The SMILES string of the molecule is Cc1cc(CN2CCCCC2C(C)N)n(C)n1. The number of hydrogen-bond acceptors (Lipinski definition) is 3. The quantitative estimate of drug-likeness (QED) is 0.863. The average Bonchev–Trinajstić information content (AvgIpc) is 2.58. The summed E-state index contributed by atoms with van der Waals surface area (Å²) >= 11 is 0. The molecule has 0 aliphatic carbocycles. The van der Waals surface area contributed by atoms with Crippen molar-refractivity contribution in [2.75, 3.05) is 6.54 Å². The Morgan fingerprint density at radius 3 is 2.88 bits per heavy atom. The fraction of sp³-hybridized carbons (Fsp3) is 0.769. The number of aromatic nitrogens is 2. The van der Waals surface area contributed by atoms with Gasteiger partial charge < -0.3 is 5.73 Å². The van der Waals surface area contributed by atoms with Gasteiger partial charge in [0.25, 0.3) is 0 Å². The summed E-state index contributed by atoms with van der Waals surface area (Å²) < 4.78 is 1.99. The van der Waals surface area contributed by atoms with Gasteiger partial charge in [0.05, 0.1) is 11.4 Å². The van der Waals surface area contributed by atoms with Crippen LogP contribution in [0, 0.1) is 6.92 Å². The third-order valence-electron chi connectivity index (χ3n) is 3.74. The fourth-order valence-corrected chi connectivity index (χ4v) is 2.83. The van der Waals surface area contributed by atoms with Crippen molar-refractivity contribution in [3.63, 3.8) is 0 Å². The summed E-state index contributed by atoms with van der Waals surface area (Å²) in [4.78, 5) is 2.52. The van der Waals surface area contributed by atoms with Crippen LogP contribution < -0.4 is 5.73 Å². The van der Waals surface area contributed by atoms with E-state index in [1.165, 1.54) is 25.0 Å². The van der Waals surface area contributed by atoms with Crippen LogP contribution in [-0.2, 0) is 13.6 Å². The van der Waals surface area contributed by atoms with Crippen LogP contribution in [0.15, 0.2) is 6.07 Å². The molecule has 4 nitrogen and oxygen atoms in total. The first-order valence-electron chi connectivity index (χ1n) is 6.57. The summed E-state index contributed by atoms with van der Waals surface area (Å²) in [5.74, 6) is 0. The lowest BCUT2D eigenvalue weighted by molar-refractivity contribution is 0.120. The molecule has 2 atom stereocenters. The number of rotatable bonds is 3. The Labute approximate surface area is 104 Å². The fourth-order valence-electron chi connectivity index (χ4n) is 2.83. The molecule has 0 aromatic carbocycles. The van der Waals surface area contributed by atoms with Crippen molar-refractivity contribution >= 4 is 0 Å². The average molecular weight is 236 g/mol. The lowest BCUT2D eigenvalue weighted by atomic mass is 9.97. The molecule has 1 aromatic heterocycles. The zero-order valence-corrected chi connectivity index (χ0v) is 11.2. The second-order valence-electron chi connectivity index (χ2n) is 5.29. The van der Waals surface area contributed by atoms with Crippen molar-refractivity contribution < 1.29 is 0 Å². The van der Waals surface area contributed by atoms with Gasteiger partial charge in [-0.3, -0.25) is 9.58 Å². The van der Waals surface area contributed by atoms with Gasteiger partial charge in [-0.15, -0.1) is 0 Å². The van der Waals surface area contributed by atoms with Crippen LogP contribution in [0.1, 0.15) is 37.6 Å². The first kappa shape index (κ1) is 12.6. The Bertz CT molecular complexity index is 369. The normalized spacial score (nSPS) is 23.9. The lowest BCUT2D eigenvalue weighted by Gasteiger charge is -2.37. The Morgan fingerprint density at radius 2 is 2.29 bits per heavy atom. The van der Waals surface area contributed by atoms with Crippen molar-refractivity contribution in [3.8, 4) is 0 Å². The van der Waals surface area contributed by atoms with Crippen LogP contribution in [0.2, 0.25) is 0 Å². The zero-order chi connectivity index (χ0) is 12.4. The molecule has 0 saturated carbocycles. The third kappa shape index (κ3) is 2.87. The van der Waals surface area contributed by atoms with Gasteiger partial charge in [-0.2, -0.15) is 5.10 Å². The summed E-state index contributed by atoms with van der Waals surface area (Å²) in [6.07, 6.45) is 3.83. The second kappa shape index (κ2) is 5.19. The molecule has 0 amide bonds. The maximum Gasteiger partial charge on any atom is 0.0597 e. The minimum Gasteiger partial charge on any atom is -0.327 e. The summed E-state index contributed by atoms with van der Waals surface area (Å²) in [5, 5.41) is 4.41. The van der Waals surface area contributed by atoms with Crippen molar-refractivity contribution in [1.29, 1.82) is 0 Å². The monoisotopic (exact) mass is 236 g/mol. The molecule has 1 aliphatic rings. The molecule has 0 radical (unpaired) electrons. The van der Waals surface area contributed by atoms with Crippen molar-refractivity contribution in [3.05, 3.63) is 17.5 Å². The predicted octanol–water partition coefficient (Wildman–Crippen LogP) is 1.43. The van der Waals surface area contributed by atoms with Gasteiger partial charge >= 0.3 is 0 Å². The highest BCUT2D eigenvalue weighted by atomic mass is 15.3. The van der Waals surface area contributed by atoms with Gasteiger partial charge in [-0.1, -0.05) is 6.42 Å². The molecule has 17 heavy (non-hydrogen) atoms. The van der Waals surface area contributed by atoms with Gasteiger partial charge in [-0.05, 0) is 39.3 Å². The molecule has 2 unspecified atom stereocenters. The molecular weight excluding hydrogens is 212 g/mol. The maximum absolute atomic E-state index is 6.09. The highest BCUT2D eigenvalue weighted by Gasteiger charge is 2.25. The molecule has 2 N–H and O–H groups in total. The summed E-state index contributed by atoms with van der Waals surface area (Å²) in [6.45, 7) is 6.31. The van der Waals surface area contributed by atoms with Gasteiger partial charge in [-0.25, -0.2) is 0 Å². The van der Waals surface area contributed by atoms with E-state index in [-0.39, 0.29) is 6.04 Å². The van der Waals surface area contributed by atoms with E-state index < -0.39 is 0 Å². The molecular formula is C13H24N4. The molecule has 1 aromatic rings. The van der Waals surface area contributed by atoms with Crippen molar-refractivity contribution in [2.24, 2.45) is 12.8 Å². The predicted molar refractivity (Wildman–Crippen MR) is 69.6 cm³/mol. The van der Waals surface area contributed by atoms with Crippen LogP contribution in [0.4, 0.5) is 0 Å². The van der Waals surface area contributed by atoms with Gasteiger partial charge in [0.2, 0.25) is 0 Å². The van der Waals surface area contributed by atoms with Gasteiger partial charge in [0.15, 0.2) is 0 Å². The second-order valence-corrected chi connectivity index (χ2v) is 5.29. The highest BCUT2D eigenvalue weighted by Crippen LogP contribution is 2.21. The number of likely N-dealkylation sites (tertiary alicyclic amines) is 1. The van der Waals surface area contributed by atoms with E-state index in [2.05, 4.69) is 23.0 Å². The number of nitrogens with two attached hydrogens (primary N) is 1. The molecule has 1 fully saturated rings. The molecule has 1 saturated heterocycles. The van der Waals surface area contributed by atoms with Crippen LogP contribution >= 0.6 is 0 Å². The lowest BCUT2D eigenvalue weighted by Crippen LogP contribution is -2.48. The minimum absolute atomic E-state index is 0.254. The smallest absolute Gasteiger partial charge is 0.0597 e. The van der Waals surface area contributed by atoms with E-state index in [0.29, 0.717) is 6.04 Å². The topological polar surface area (TPSA) is 47.1 Å². The minimum atomic E-state index is 0.254. The molecule has 0 spiro atoms. The maximum atomic E-state index is 6.09. The highest BCUT2D eigenvalue weighted by molar-refractivity contribution is 5.09. The van der Waals surface area contributed by atoms with Crippen LogP contribution in [0.3, 0.4) is 0 Å². The van der Waals surface area contributed by atoms with Crippen molar-refractivity contribution in [1.82, 2.24) is 14.7 Å². The van der Waals surface area contributed by atoms with E-state index in [4.69, 9.17) is 5.73 Å². The summed E-state index contributed by atoms with van der Waals surface area (Å²) in [6, 6.07) is 2.95. The number of hydrogen-bond donors (Lipinski definition) is 1. The van der Waals surface area contributed by atoms with Crippen LogP contribution in [-0.4, -0.2) is 33.3 Å². The van der Waals surface area contributed by atoms with Gasteiger partial charge in [0.1, 0.15) is 0 Å². The Hall–Kier alpha value is -0.870. The van der Waals surface area contributed by atoms with E-state index in [0.717, 1.165) is 18.8 Å². The molecule has 96 valence electrons. The molecule has 1 aliphatic heterocycles. The Kier molecular flexibility index (Phi) is 3.84. The van der Waals surface area contributed by atoms with Crippen LogP contribution in [0.5, 0.6) is 0 Å². The Balaban J connectivity index is 2.08. The van der Waals surface area contributed by atoms with E-state index in [1.54, 1.807) is 0 Å². The van der Waals surface area contributed by atoms with E-state index >= 15 is 0 Å². The van der Waals surface area contributed by atoms with E-state index in [1.807, 2.05) is 18.7 Å². The molecule has 4 heteroatoms. The molecule has 0 bridgehead atoms.